The highest BCUT2D eigenvalue weighted by Crippen LogP contribution is 2.25. The summed E-state index contributed by atoms with van der Waals surface area (Å²) in [4.78, 5) is 40.0. The summed E-state index contributed by atoms with van der Waals surface area (Å²) in [6.45, 7) is 5.67. The molecule has 0 aliphatic carbocycles. The van der Waals surface area contributed by atoms with Crippen molar-refractivity contribution in [1.82, 2.24) is 19.9 Å². The molecule has 3 heterocycles. The summed E-state index contributed by atoms with van der Waals surface area (Å²) in [6, 6.07) is 5.58. The lowest BCUT2D eigenvalue weighted by molar-refractivity contribution is 0.0694. The Kier molecular flexibility index (Phi) is 5.00. The normalized spacial score (nSPS) is 11.8. The van der Waals surface area contributed by atoms with Crippen LogP contribution in [0.2, 0.25) is 0 Å². The van der Waals surface area contributed by atoms with E-state index in [4.69, 9.17) is 0 Å². The van der Waals surface area contributed by atoms with E-state index < -0.39 is 16.9 Å². The number of aromatic nitrogens is 4. The number of hydrogen-bond acceptors (Lipinski definition) is 6. The van der Waals surface area contributed by atoms with Crippen molar-refractivity contribution in [2.24, 2.45) is 0 Å². The zero-order valence-electron chi connectivity index (χ0n) is 15.1. The summed E-state index contributed by atoms with van der Waals surface area (Å²) in [6.07, 6.45) is 6.59. The molecule has 0 aliphatic rings. The molecule has 0 saturated heterocycles. The maximum atomic E-state index is 12.2. The number of carbonyl (C=O) groups is 1. The van der Waals surface area contributed by atoms with Gasteiger partial charge in [-0.05, 0) is 24.3 Å². The molecule has 0 aromatic carbocycles. The quantitative estimate of drug-likeness (QED) is 0.715. The van der Waals surface area contributed by atoms with Gasteiger partial charge in [0, 0.05) is 22.7 Å². The molecule has 0 fully saturated rings. The average Bonchev–Trinajstić information content (AvgIpc) is 3.08. The minimum absolute atomic E-state index is 0.115. The van der Waals surface area contributed by atoms with Gasteiger partial charge in [0.2, 0.25) is 0 Å². The summed E-state index contributed by atoms with van der Waals surface area (Å²) in [5.74, 6) is -0.891. The van der Waals surface area contributed by atoms with Crippen LogP contribution in [0.5, 0.6) is 0 Å². The van der Waals surface area contributed by atoms with Crippen molar-refractivity contribution in [3.8, 4) is 10.7 Å². The van der Waals surface area contributed by atoms with Crippen molar-refractivity contribution in [3.05, 3.63) is 62.9 Å². The van der Waals surface area contributed by atoms with Gasteiger partial charge in [-0.3, -0.25) is 9.78 Å². The van der Waals surface area contributed by atoms with E-state index in [0.717, 1.165) is 15.6 Å². The van der Waals surface area contributed by atoms with Crippen molar-refractivity contribution >= 4 is 29.5 Å². The number of rotatable bonds is 4. The Bertz CT molecular complexity index is 1060. The molecule has 3 aromatic rings. The van der Waals surface area contributed by atoms with Gasteiger partial charge in [0.25, 0.3) is 5.56 Å². The number of carboxylic acids is 1. The third kappa shape index (κ3) is 4.17. The molecule has 3 aromatic heterocycles. The minimum atomic E-state index is -1.32. The number of aromatic amines is 1. The fourth-order valence-corrected chi connectivity index (χ4v) is 3.10. The van der Waals surface area contributed by atoms with Crippen molar-refractivity contribution in [2.45, 2.75) is 26.2 Å². The standard InChI is InChI=1S/C19H18N4O3S/c1-19(2,3)18-22-12(14(17(25)26)15(24)23-18)8-7-11-10-21-16(27-11)13-6-4-5-9-20-13/h4-10H,1-3H3,(H,25,26)(H,22,23,24). The Morgan fingerprint density at radius 1 is 1.22 bits per heavy atom. The van der Waals surface area contributed by atoms with E-state index in [1.165, 1.54) is 17.4 Å². The predicted octanol–water partition coefficient (Wildman–Crippen LogP) is 3.45. The summed E-state index contributed by atoms with van der Waals surface area (Å²) in [5, 5.41) is 10.1. The second-order valence-electron chi connectivity index (χ2n) is 6.85. The zero-order chi connectivity index (χ0) is 19.6. The fourth-order valence-electron chi connectivity index (χ4n) is 2.31. The molecule has 0 spiro atoms. The summed E-state index contributed by atoms with van der Waals surface area (Å²) < 4.78 is 0. The molecule has 0 saturated carbocycles. The number of nitrogens with zero attached hydrogens (tertiary/aromatic N) is 3. The van der Waals surface area contributed by atoms with Gasteiger partial charge >= 0.3 is 5.97 Å². The van der Waals surface area contributed by atoms with E-state index in [0.29, 0.717) is 5.82 Å². The molecule has 0 amide bonds. The van der Waals surface area contributed by atoms with Gasteiger partial charge in [-0.15, -0.1) is 11.3 Å². The first-order valence-corrected chi connectivity index (χ1v) is 9.01. The molecular formula is C19H18N4O3S. The largest absolute Gasteiger partial charge is 0.477 e. The zero-order valence-corrected chi connectivity index (χ0v) is 15.9. The summed E-state index contributed by atoms with van der Waals surface area (Å²) >= 11 is 1.41. The SMILES string of the molecule is CC(C)(C)c1nc(C=Cc2cnc(-c3ccccn3)s2)c(C(=O)O)c(=O)[nH]1. The number of aromatic carboxylic acids is 1. The molecule has 2 N–H and O–H groups in total. The maximum Gasteiger partial charge on any atom is 0.343 e. The third-order valence-electron chi connectivity index (χ3n) is 3.68. The molecule has 0 unspecified atom stereocenters. The predicted molar refractivity (Wildman–Crippen MR) is 105 cm³/mol. The highest BCUT2D eigenvalue weighted by molar-refractivity contribution is 7.15. The minimum Gasteiger partial charge on any atom is -0.477 e. The van der Waals surface area contributed by atoms with Crippen LogP contribution < -0.4 is 5.56 Å². The van der Waals surface area contributed by atoms with Crippen LogP contribution in [0.3, 0.4) is 0 Å². The van der Waals surface area contributed by atoms with Gasteiger partial charge in [0.05, 0.1) is 11.4 Å². The Balaban J connectivity index is 1.99. The summed E-state index contributed by atoms with van der Waals surface area (Å²) in [7, 11) is 0. The monoisotopic (exact) mass is 382 g/mol. The highest BCUT2D eigenvalue weighted by atomic mass is 32.1. The molecule has 7 nitrogen and oxygen atoms in total. The number of thiazole rings is 1. The lowest BCUT2D eigenvalue weighted by atomic mass is 9.95. The van der Waals surface area contributed by atoms with E-state index in [1.807, 2.05) is 39.0 Å². The van der Waals surface area contributed by atoms with Crippen LogP contribution >= 0.6 is 11.3 Å². The van der Waals surface area contributed by atoms with Gasteiger partial charge in [-0.25, -0.2) is 14.8 Å². The first-order valence-electron chi connectivity index (χ1n) is 8.19. The fraction of sp³-hybridized carbons (Fsp3) is 0.211. The Morgan fingerprint density at radius 3 is 2.63 bits per heavy atom. The van der Waals surface area contributed by atoms with Crippen LogP contribution in [-0.4, -0.2) is 31.0 Å². The topological polar surface area (TPSA) is 109 Å². The van der Waals surface area contributed by atoms with Crippen molar-refractivity contribution in [2.75, 3.05) is 0 Å². The Hall–Kier alpha value is -3.13. The molecule has 0 bridgehead atoms. The van der Waals surface area contributed by atoms with Crippen LogP contribution in [0, 0.1) is 0 Å². The average molecular weight is 382 g/mol. The maximum absolute atomic E-state index is 12.2. The van der Waals surface area contributed by atoms with Crippen LogP contribution in [0.15, 0.2) is 35.4 Å². The van der Waals surface area contributed by atoms with Gasteiger partial charge in [-0.2, -0.15) is 0 Å². The van der Waals surface area contributed by atoms with Crippen molar-refractivity contribution in [3.63, 3.8) is 0 Å². The Morgan fingerprint density at radius 2 is 2.00 bits per heavy atom. The van der Waals surface area contributed by atoms with E-state index >= 15 is 0 Å². The van der Waals surface area contributed by atoms with E-state index in [9.17, 15) is 14.7 Å². The van der Waals surface area contributed by atoms with Crippen LogP contribution in [0.25, 0.3) is 22.9 Å². The first-order chi connectivity index (χ1) is 12.8. The number of H-pyrrole nitrogens is 1. The number of carboxylic acid groups (broad SMARTS) is 1. The number of nitrogens with one attached hydrogen (secondary N) is 1. The molecule has 138 valence electrons. The second kappa shape index (κ2) is 7.24. The summed E-state index contributed by atoms with van der Waals surface area (Å²) in [5.41, 5.74) is -0.592. The van der Waals surface area contributed by atoms with Crippen molar-refractivity contribution < 1.29 is 9.90 Å². The molecule has 0 aliphatic heterocycles. The molecule has 27 heavy (non-hydrogen) atoms. The van der Waals surface area contributed by atoms with Gasteiger partial charge in [0.15, 0.2) is 5.56 Å². The Labute approximate surface area is 159 Å². The highest BCUT2D eigenvalue weighted by Gasteiger charge is 2.22. The van der Waals surface area contributed by atoms with Crippen molar-refractivity contribution in [1.29, 1.82) is 0 Å². The van der Waals surface area contributed by atoms with Gasteiger partial charge < -0.3 is 10.1 Å². The van der Waals surface area contributed by atoms with Gasteiger partial charge in [0.1, 0.15) is 10.8 Å². The number of hydrogen-bond donors (Lipinski definition) is 2. The van der Waals surface area contributed by atoms with E-state index in [-0.39, 0.29) is 11.3 Å². The molecule has 8 heteroatoms. The lowest BCUT2D eigenvalue weighted by Gasteiger charge is -2.17. The van der Waals surface area contributed by atoms with Crippen LogP contribution in [0.4, 0.5) is 0 Å². The molecular weight excluding hydrogens is 364 g/mol. The number of pyridine rings is 1. The molecule has 3 rings (SSSR count). The molecule has 0 atom stereocenters. The smallest absolute Gasteiger partial charge is 0.343 e. The van der Waals surface area contributed by atoms with Crippen LogP contribution in [-0.2, 0) is 5.41 Å². The van der Waals surface area contributed by atoms with E-state index in [1.54, 1.807) is 18.5 Å². The first kappa shape index (κ1) is 18.7. The van der Waals surface area contributed by atoms with E-state index in [2.05, 4.69) is 19.9 Å². The molecule has 0 radical (unpaired) electrons. The lowest BCUT2D eigenvalue weighted by Crippen LogP contribution is -2.27. The second-order valence-corrected chi connectivity index (χ2v) is 7.91. The third-order valence-corrected chi connectivity index (χ3v) is 4.67. The van der Waals surface area contributed by atoms with Crippen LogP contribution in [0.1, 0.15) is 47.5 Å². The van der Waals surface area contributed by atoms with Gasteiger partial charge in [-0.1, -0.05) is 26.8 Å².